The lowest BCUT2D eigenvalue weighted by atomic mass is 10.1. The van der Waals surface area contributed by atoms with E-state index in [0.717, 1.165) is 0 Å². The highest BCUT2D eigenvalue weighted by Gasteiger charge is 2.38. The largest absolute Gasteiger partial charge is 0.504 e. The number of phenolic OH excluding ortho intramolecular Hbond substituents is 1. The Balaban J connectivity index is 1.52. The zero-order valence-corrected chi connectivity index (χ0v) is 23.4. The predicted octanol–water partition coefficient (Wildman–Crippen LogP) is 3.13. The van der Waals surface area contributed by atoms with Crippen molar-refractivity contribution in [3.63, 3.8) is 0 Å². The molecule has 0 aliphatic carbocycles. The number of aromatic nitrogens is 1. The van der Waals surface area contributed by atoms with Crippen LogP contribution < -0.4 is 20.1 Å². The fourth-order valence-corrected chi connectivity index (χ4v) is 4.92. The number of ether oxygens (including phenoxy) is 3. The van der Waals surface area contributed by atoms with Crippen LogP contribution in [0.3, 0.4) is 0 Å². The van der Waals surface area contributed by atoms with Gasteiger partial charge in [-0.15, -0.1) is 0 Å². The summed E-state index contributed by atoms with van der Waals surface area (Å²) in [5, 5.41) is 28.1. The molecule has 1 fully saturated rings. The second-order valence-corrected chi connectivity index (χ2v) is 9.97. The molecule has 2 aliphatic heterocycles. The molecule has 2 atom stereocenters. The van der Waals surface area contributed by atoms with E-state index >= 15 is 4.39 Å². The molecule has 0 spiro atoms. The molecule has 0 radical (unpaired) electrons. The number of nitrogens with one attached hydrogen (secondary N) is 1. The SMILES string of the molecule is CCOC(=O)C1CC(O)CN1c1ccc(Oc2c(F)cnc(Oc3cc(C(=N)N)ccc3O)c2F)c(C2=NCCN2C)c1. The summed E-state index contributed by atoms with van der Waals surface area (Å²) >= 11 is 0. The smallest absolute Gasteiger partial charge is 0.328 e. The first-order chi connectivity index (χ1) is 20.6. The number of phenols is 1. The van der Waals surface area contributed by atoms with Gasteiger partial charge in [-0.1, -0.05) is 0 Å². The normalized spacial score (nSPS) is 18.0. The number of halogens is 2. The van der Waals surface area contributed by atoms with Gasteiger partial charge in [0.25, 0.3) is 5.88 Å². The Kier molecular flexibility index (Phi) is 8.30. The van der Waals surface area contributed by atoms with E-state index < -0.39 is 41.4 Å². The molecule has 1 aromatic heterocycles. The van der Waals surface area contributed by atoms with Gasteiger partial charge in [0.2, 0.25) is 11.6 Å². The van der Waals surface area contributed by atoms with Gasteiger partial charge in [0.1, 0.15) is 23.5 Å². The number of esters is 1. The van der Waals surface area contributed by atoms with E-state index in [-0.39, 0.29) is 48.2 Å². The average molecular weight is 597 g/mol. The minimum absolute atomic E-state index is 0.0556. The summed E-state index contributed by atoms with van der Waals surface area (Å²) in [4.78, 5) is 24.4. The van der Waals surface area contributed by atoms with Gasteiger partial charge in [0.05, 0.1) is 31.0 Å². The van der Waals surface area contributed by atoms with Crippen LogP contribution in [0.1, 0.15) is 24.5 Å². The van der Waals surface area contributed by atoms with Crippen LogP contribution in [0.4, 0.5) is 14.5 Å². The molecule has 0 amide bonds. The number of β-amino-alcohol motifs (C(OH)–C–C–N with tert-alkyl or cyclic N) is 1. The van der Waals surface area contributed by atoms with Crippen molar-refractivity contribution < 1.29 is 38.0 Å². The van der Waals surface area contributed by atoms with Crippen LogP contribution in [-0.4, -0.2) is 83.2 Å². The van der Waals surface area contributed by atoms with Gasteiger partial charge in [-0.05, 0) is 43.3 Å². The second kappa shape index (κ2) is 12.1. The summed E-state index contributed by atoms with van der Waals surface area (Å²) in [6.45, 7) is 3.16. The number of likely N-dealkylation sites (N-methyl/N-ethyl adjacent to an activating group) is 1. The van der Waals surface area contributed by atoms with Crippen molar-refractivity contribution in [1.29, 1.82) is 5.41 Å². The number of aliphatic hydroxyl groups excluding tert-OH is 1. The summed E-state index contributed by atoms with van der Waals surface area (Å²) in [5.41, 5.74) is 6.64. The van der Waals surface area contributed by atoms with Gasteiger partial charge in [0.15, 0.2) is 17.3 Å². The Labute approximate surface area is 245 Å². The van der Waals surface area contributed by atoms with Gasteiger partial charge in [-0.3, -0.25) is 10.4 Å². The van der Waals surface area contributed by atoms with E-state index in [1.807, 2.05) is 11.9 Å². The first kappa shape index (κ1) is 29.5. The van der Waals surface area contributed by atoms with Gasteiger partial charge in [-0.2, -0.15) is 4.39 Å². The molecule has 5 N–H and O–H groups in total. The zero-order valence-electron chi connectivity index (χ0n) is 23.4. The maximum absolute atomic E-state index is 15.6. The number of benzene rings is 2. The Morgan fingerprint density at radius 1 is 1.19 bits per heavy atom. The predicted molar refractivity (Wildman–Crippen MR) is 152 cm³/mol. The van der Waals surface area contributed by atoms with E-state index in [1.54, 1.807) is 24.0 Å². The minimum Gasteiger partial charge on any atom is -0.504 e. The molecule has 1 saturated heterocycles. The van der Waals surface area contributed by atoms with Crippen LogP contribution in [-0.2, 0) is 9.53 Å². The number of aliphatic hydroxyl groups is 1. The number of rotatable bonds is 9. The number of anilines is 1. The molecule has 226 valence electrons. The third-order valence-corrected chi connectivity index (χ3v) is 7.02. The fourth-order valence-electron chi connectivity index (χ4n) is 4.92. The maximum Gasteiger partial charge on any atom is 0.328 e. The highest BCUT2D eigenvalue weighted by Crippen LogP contribution is 2.39. The van der Waals surface area contributed by atoms with Crippen LogP contribution in [0.15, 0.2) is 47.6 Å². The van der Waals surface area contributed by atoms with Crippen molar-refractivity contribution in [2.45, 2.75) is 25.5 Å². The van der Waals surface area contributed by atoms with Crippen molar-refractivity contribution in [1.82, 2.24) is 9.88 Å². The molecule has 12 nitrogen and oxygen atoms in total. The van der Waals surface area contributed by atoms with E-state index in [1.165, 1.54) is 24.3 Å². The Morgan fingerprint density at radius 3 is 2.67 bits per heavy atom. The van der Waals surface area contributed by atoms with E-state index in [4.69, 9.17) is 25.4 Å². The molecule has 5 rings (SSSR count). The third-order valence-electron chi connectivity index (χ3n) is 7.02. The number of aromatic hydroxyl groups is 1. The number of nitrogens with zero attached hydrogens (tertiary/aromatic N) is 4. The lowest BCUT2D eigenvalue weighted by molar-refractivity contribution is -0.144. The first-order valence-corrected chi connectivity index (χ1v) is 13.5. The minimum atomic E-state index is -1.28. The number of aliphatic imine (C=N–C) groups is 1. The molecule has 43 heavy (non-hydrogen) atoms. The van der Waals surface area contributed by atoms with E-state index in [0.29, 0.717) is 36.4 Å². The van der Waals surface area contributed by atoms with Crippen LogP contribution in [0, 0.1) is 17.0 Å². The molecular weight excluding hydrogens is 566 g/mol. The highest BCUT2D eigenvalue weighted by molar-refractivity contribution is 6.03. The number of hydrogen-bond donors (Lipinski definition) is 4. The maximum atomic E-state index is 15.6. The molecule has 2 aromatic carbocycles. The number of carbonyl (C=O) groups is 1. The monoisotopic (exact) mass is 596 g/mol. The van der Waals surface area contributed by atoms with E-state index in [9.17, 15) is 19.4 Å². The quantitative estimate of drug-likeness (QED) is 0.164. The summed E-state index contributed by atoms with van der Waals surface area (Å²) in [6, 6.07) is 7.87. The summed E-state index contributed by atoms with van der Waals surface area (Å²) in [7, 11) is 1.81. The van der Waals surface area contributed by atoms with Crippen LogP contribution in [0.2, 0.25) is 0 Å². The number of amidine groups is 2. The molecule has 14 heteroatoms. The third kappa shape index (κ3) is 6.00. The topological polar surface area (TPSA) is 167 Å². The first-order valence-electron chi connectivity index (χ1n) is 13.5. The van der Waals surface area contributed by atoms with Crippen LogP contribution in [0.25, 0.3) is 0 Å². The van der Waals surface area contributed by atoms with Crippen molar-refractivity contribution >= 4 is 23.3 Å². The number of hydrogen-bond acceptors (Lipinski definition) is 11. The van der Waals surface area contributed by atoms with Crippen LogP contribution >= 0.6 is 0 Å². The Morgan fingerprint density at radius 2 is 1.98 bits per heavy atom. The summed E-state index contributed by atoms with van der Waals surface area (Å²) in [5.74, 6) is -4.77. The highest BCUT2D eigenvalue weighted by atomic mass is 19.1. The van der Waals surface area contributed by atoms with Gasteiger partial charge in [-0.25, -0.2) is 14.2 Å². The Hall–Kier alpha value is -4.98. The molecule has 3 aromatic rings. The molecule has 0 saturated carbocycles. The molecule has 0 bridgehead atoms. The van der Waals surface area contributed by atoms with Crippen molar-refractivity contribution in [3.8, 4) is 28.9 Å². The van der Waals surface area contributed by atoms with Gasteiger partial charge >= 0.3 is 5.97 Å². The molecule has 2 aliphatic rings. The zero-order chi connectivity index (χ0) is 30.8. The fraction of sp³-hybridized carbons (Fsp3) is 0.310. The number of carbonyl (C=O) groups excluding carboxylic acids is 1. The van der Waals surface area contributed by atoms with Crippen LogP contribution in [0.5, 0.6) is 28.9 Å². The average Bonchev–Trinajstić information content (AvgIpc) is 3.59. The number of pyridine rings is 1. The molecule has 2 unspecified atom stereocenters. The Bertz CT molecular complexity index is 1600. The molecular formula is C29H30F2N6O6. The van der Waals surface area contributed by atoms with E-state index in [2.05, 4.69) is 9.98 Å². The summed E-state index contributed by atoms with van der Waals surface area (Å²) < 4.78 is 47.0. The van der Waals surface area contributed by atoms with Crippen molar-refractivity contribution in [2.24, 2.45) is 10.7 Å². The number of nitrogens with two attached hydrogens (primary N) is 1. The molecule has 3 heterocycles. The standard InChI is InChI=1S/C29H30F2N6O6/c1-3-41-29(40)20-12-17(38)14-37(20)16-5-7-22(18(11-16)27-34-8-9-36(27)2)42-25-19(30)13-35-28(24(25)31)43-23-10-15(26(32)33)4-6-21(23)39/h4-7,10-11,13,17,20,38-39H,3,8-9,12,14H2,1-2H3,(H3,32,33). The van der Waals surface area contributed by atoms with Gasteiger partial charge in [0, 0.05) is 37.8 Å². The van der Waals surface area contributed by atoms with Gasteiger partial charge < -0.3 is 40.0 Å². The summed E-state index contributed by atoms with van der Waals surface area (Å²) in [6.07, 6.45) is 0.144. The van der Waals surface area contributed by atoms with Crippen molar-refractivity contribution in [3.05, 3.63) is 65.4 Å². The second-order valence-electron chi connectivity index (χ2n) is 9.97. The lowest BCUT2D eigenvalue weighted by Gasteiger charge is -2.26. The number of nitrogen functional groups attached to an aromatic ring is 1. The van der Waals surface area contributed by atoms with Crippen molar-refractivity contribution in [2.75, 3.05) is 38.2 Å². The lowest BCUT2D eigenvalue weighted by Crippen LogP contribution is -2.37.